The van der Waals surface area contributed by atoms with E-state index in [1.54, 1.807) is 6.92 Å². The summed E-state index contributed by atoms with van der Waals surface area (Å²) in [6.07, 6.45) is 0. The lowest BCUT2D eigenvalue weighted by atomic mass is 10.2. The van der Waals surface area contributed by atoms with Gasteiger partial charge in [0.1, 0.15) is 5.82 Å². The van der Waals surface area contributed by atoms with Crippen LogP contribution in [0.4, 0.5) is 5.82 Å². The summed E-state index contributed by atoms with van der Waals surface area (Å²) in [5.74, 6) is -0.0992. The van der Waals surface area contributed by atoms with Crippen molar-refractivity contribution in [1.29, 1.82) is 0 Å². The Balaban J connectivity index is 2.17. The summed E-state index contributed by atoms with van der Waals surface area (Å²) >= 11 is 0. The Hall–Kier alpha value is -1.70. The highest BCUT2D eigenvalue weighted by molar-refractivity contribution is 7.91. The second kappa shape index (κ2) is 4.52. The molecule has 0 spiro atoms. The predicted molar refractivity (Wildman–Crippen MR) is 65.6 cm³/mol. The van der Waals surface area contributed by atoms with Crippen LogP contribution in [0.3, 0.4) is 0 Å². The summed E-state index contributed by atoms with van der Waals surface area (Å²) in [5, 5.41) is 7.32. The van der Waals surface area contributed by atoms with E-state index in [4.69, 9.17) is 5.73 Å². The van der Waals surface area contributed by atoms with Crippen molar-refractivity contribution in [3.63, 3.8) is 0 Å². The van der Waals surface area contributed by atoms with Gasteiger partial charge in [0.25, 0.3) is 5.91 Å². The standard InChI is InChI=1S/C10H14N4O3S/c1-7-6-18(16,17)5-4-14(7)10(15)8-2-3-9(11)13-12-8/h2-3,7H,4-6H2,1H3,(H2,11,13). The molecule has 2 rings (SSSR count). The highest BCUT2D eigenvalue weighted by Crippen LogP contribution is 2.14. The molecule has 0 radical (unpaired) electrons. The van der Waals surface area contributed by atoms with Crippen LogP contribution in [0.15, 0.2) is 12.1 Å². The molecule has 0 aliphatic carbocycles. The van der Waals surface area contributed by atoms with Crippen molar-refractivity contribution in [3.8, 4) is 0 Å². The molecule has 1 saturated heterocycles. The average molecular weight is 270 g/mol. The number of nitrogens with two attached hydrogens (primary N) is 1. The molecule has 1 aliphatic heterocycles. The first-order valence-electron chi connectivity index (χ1n) is 5.50. The summed E-state index contributed by atoms with van der Waals surface area (Å²) in [4.78, 5) is 13.6. The maximum Gasteiger partial charge on any atom is 0.274 e. The van der Waals surface area contributed by atoms with Gasteiger partial charge in [-0.2, -0.15) is 0 Å². The van der Waals surface area contributed by atoms with Gasteiger partial charge in [-0.3, -0.25) is 4.79 Å². The number of hydrogen-bond donors (Lipinski definition) is 1. The molecule has 18 heavy (non-hydrogen) atoms. The molecular formula is C10H14N4O3S. The molecule has 1 unspecified atom stereocenters. The largest absolute Gasteiger partial charge is 0.382 e. The van der Waals surface area contributed by atoms with Gasteiger partial charge in [0.15, 0.2) is 15.5 Å². The van der Waals surface area contributed by atoms with Gasteiger partial charge in [-0.05, 0) is 19.1 Å². The van der Waals surface area contributed by atoms with Gasteiger partial charge in [-0.25, -0.2) is 8.42 Å². The topological polar surface area (TPSA) is 106 Å². The fraction of sp³-hybridized carbons (Fsp3) is 0.500. The minimum Gasteiger partial charge on any atom is -0.382 e. The van der Waals surface area contributed by atoms with Gasteiger partial charge < -0.3 is 10.6 Å². The first-order valence-corrected chi connectivity index (χ1v) is 7.32. The Labute approximate surface area is 105 Å². The van der Waals surface area contributed by atoms with E-state index in [2.05, 4.69) is 10.2 Å². The maximum atomic E-state index is 12.1. The van der Waals surface area contributed by atoms with Crippen molar-refractivity contribution in [1.82, 2.24) is 15.1 Å². The molecule has 2 N–H and O–H groups in total. The zero-order valence-electron chi connectivity index (χ0n) is 9.91. The fourth-order valence-electron chi connectivity index (χ4n) is 1.90. The van der Waals surface area contributed by atoms with Crippen LogP contribution in [0.2, 0.25) is 0 Å². The van der Waals surface area contributed by atoms with E-state index in [-0.39, 0.29) is 41.5 Å². The van der Waals surface area contributed by atoms with E-state index in [1.807, 2.05) is 0 Å². The summed E-state index contributed by atoms with van der Waals surface area (Å²) in [7, 11) is -3.04. The zero-order chi connectivity index (χ0) is 13.3. The van der Waals surface area contributed by atoms with Gasteiger partial charge in [0.2, 0.25) is 0 Å². The summed E-state index contributed by atoms with van der Waals surface area (Å²) in [6.45, 7) is 1.90. The van der Waals surface area contributed by atoms with Crippen LogP contribution in [-0.2, 0) is 9.84 Å². The highest BCUT2D eigenvalue weighted by atomic mass is 32.2. The molecule has 1 amide bonds. The third kappa shape index (κ3) is 2.58. The van der Waals surface area contributed by atoms with Crippen LogP contribution < -0.4 is 5.73 Å². The predicted octanol–water partition coefficient (Wildman–Crippen LogP) is -0.682. The molecule has 1 aromatic heterocycles. The summed E-state index contributed by atoms with van der Waals surface area (Å²) in [6, 6.07) is 2.63. The molecule has 8 heteroatoms. The van der Waals surface area contributed by atoms with Gasteiger partial charge in [-0.1, -0.05) is 0 Å². The molecule has 2 heterocycles. The minimum absolute atomic E-state index is 0.00845. The van der Waals surface area contributed by atoms with E-state index in [9.17, 15) is 13.2 Å². The van der Waals surface area contributed by atoms with Gasteiger partial charge in [0, 0.05) is 12.6 Å². The number of rotatable bonds is 1. The Morgan fingerprint density at radius 3 is 2.72 bits per heavy atom. The lowest BCUT2D eigenvalue weighted by Gasteiger charge is -2.32. The van der Waals surface area contributed by atoms with Crippen LogP contribution in [0.25, 0.3) is 0 Å². The summed E-state index contributed by atoms with van der Waals surface area (Å²) in [5.41, 5.74) is 5.57. The van der Waals surface area contributed by atoms with E-state index in [0.29, 0.717) is 0 Å². The Kier molecular flexibility index (Phi) is 3.20. The van der Waals surface area contributed by atoms with E-state index in [0.717, 1.165) is 0 Å². The van der Waals surface area contributed by atoms with Crippen molar-refractivity contribution in [2.45, 2.75) is 13.0 Å². The number of nitrogens with zero attached hydrogens (tertiary/aromatic N) is 3. The van der Waals surface area contributed by atoms with E-state index >= 15 is 0 Å². The van der Waals surface area contributed by atoms with E-state index < -0.39 is 9.84 Å². The van der Waals surface area contributed by atoms with Gasteiger partial charge >= 0.3 is 0 Å². The Morgan fingerprint density at radius 1 is 1.44 bits per heavy atom. The fourth-order valence-corrected chi connectivity index (χ4v) is 3.46. The number of hydrogen-bond acceptors (Lipinski definition) is 6. The van der Waals surface area contributed by atoms with Gasteiger partial charge in [-0.15, -0.1) is 10.2 Å². The third-order valence-electron chi connectivity index (χ3n) is 2.84. The Morgan fingerprint density at radius 2 is 2.17 bits per heavy atom. The van der Waals surface area contributed by atoms with E-state index in [1.165, 1.54) is 17.0 Å². The number of amides is 1. The van der Waals surface area contributed by atoms with Crippen molar-refractivity contribution < 1.29 is 13.2 Å². The molecular weight excluding hydrogens is 256 g/mol. The Bertz CT molecular complexity index is 555. The number of nitrogen functional groups attached to an aromatic ring is 1. The zero-order valence-corrected chi connectivity index (χ0v) is 10.7. The molecule has 1 aliphatic rings. The quantitative estimate of drug-likeness (QED) is 0.724. The second-order valence-corrected chi connectivity index (χ2v) is 6.53. The number of anilines is 1. The first-order chi connectivity index (χ1) is 8.39. The molecule has 1 atom stereocenters. The molecule has 7 nitrogen and oxygen atoms in total. The molecule has 1 aromatic rings. The summed E-state index contributed by atoms with van der Waals surface area (Å²) < 4.78 is 22.9. The minimum atomic E-state index is -3.04. The number of carbonyl (C=O) groups is 1. The maximum absolute atomic E-state index is 12.1. The van der Waals surface area contributed by atoms with Crippen LogP contribution in [-0.4, -0.2) is 53.5 Å². The lowest BCUT2D eigenvalue weighted by molar-refractivity contribution is 0.0705. The first kappa shape index (κ1) is 12.7. The SMILES string of the molecule is CC1CS(=O)(=O)CCN1C(=O)c1ccc(N)nn1. The molecule has 0 saturated carbocycles. The van der Waals surface area contributed by atoms with Crippen LogP contribution in [0, 0.1) is 0 Å². The van der Waals surface area contributed by atoms with Crippen LogP contribution in [0.5, 0.6) is 0 Å². The number of sulfone groups is 1. The second-order valence-electron chi connectivity index (χ2n) is 4.31. The number of carbonyl (C=O) groups excluding carboxylic acids is 1. The van der Waals surface area contributed by atoms with Crippen LogP contribution in [0.1, 0.15) is 17.4 Å². The smallest absolute Gasteiger partial charge is 0.274 e. The molecule has 1 fully saturated rings. The normalized spacial score (nSPS) is 22.7. The molecule has 98 valence electrons. The van der Waals surface area contributed by atoms with Gasteiger partial charge in [0.05, 0.1) is 11.5 Å². The van der Waals surface area contributed by atoms with Crippen molar-refractivity contribution >= 4 is 21.6 Å². The lowest BCUT2D eigenvalue weighted by Crippen LogP contribution is -2.49. The van der Waals surface area contributed by atoms with Crippen molar-refractivity contribution in [2.24, 2.45) is 0 Å². The number of aromatic nitrogens is 2. The monoisotopic (exact) mass is 270 g/mol. The van der Waals surface area contributed by atoms with Crippen LogP contribution >= 0.6 is 0 Å². The van der Waals surface area contributed by atoms with Crippen molar-refractivity contribution in [3.05, 3.63) is 17.8 Å². The average Bonchev–Trinajstić information content (AvgIpc) is 2.28. The van der Waals surface area contributed by atoms with Crippen molar-refractivity contribution in [2.75, 3.05) is 23.8 Å². The molecule has 0 aromatic carbocycles. The third-order valence-corrected chi connectivity index (χ3v) is 4.63. The highest BCUT2D eigenvalue weighted by Gasteiger charge is 2.32. The molecule has 0 bridgehead atoms.